The number of amides is 2. The third-order valence-corrected chi connectivity index (χ3v) is 4.16. The Morgan fingerprint density at radius 1 is 1.28 bits per heavy atom. The molecule has 0 atom stereocenters. The summed E-state index contributed by atoms with van der Waals surface area (Å²) in [5, 5.41) is 8.83. The fraction of sp³-hybridized carbons (Fsp3) is 0.389. The maximum atomic E-state index is 12.5. The topological polar surface area (TPSA) is 121 Å². The van der Waals surface area contributed by atoms with Crippen LogP contribution < -0.4 is 15.8 Å². The molecule has 0 spiro atoms. The lowest BCUT2D eigenvalue weighted by Gasteiger charge is -2.35. The van der Waals surface area contributed by atoms with Gasteiger partial charge in [0.2, 0.25) is 5.91 Å². The van der Waals surface area contributed by atoms with Gasteiger partial charge in [-0.25, -0.2) is 14.9 Å². The van der Waals surface area contributed by atoms with Crippen LogP contribution in [0.3, 0.4) is 0 Å². The molecule has 1 aliphatic heterocycles. The average Bonchev–Trinajstić information content (AvgIpc) is 2.64. The SMILES string of the molecule is CC(C)(C)OC(=O)N1CCN(c2ccc(Nc3cc(Cl)n[nH]c3=O)nc2)C(=O)C1. The predicted molar refractivity (Wildman–Crippen MR) is 108 cm³/mol. The van der Waals surface area contributed by atoms with Crippen molar-refractivity contribution in [2.24, 2.45) is 0 Å². The number of nitrogens with one attached hydrogen (secondary N) is 2. The molecular weight excluding hydrogens is 400 g/mol. The van der Waals surface area contributed by atoms with Gasteiger partial charge in [0, 0.05) is 19.2 Å². The average molecular weight is 421 g/mol. The summed E-state index contributed by atoms with van der Waals surface area (Å²) >= 11 is 5.77. The minimum Gasteiger partial charge on any atom is -0.444 e. The van der Waals surface area contributed by atoms with Crippen LogP contribution in [0.25, 0.3) is 0 Å². The number of hydrogen-bond donors (Lipinski definition) is 2. The lowest BCUT2D eigenvalue weighted by atomic mass is 10.2. The molecular formula is C18H21ClN6O4. The summed E-state index contributed by atoms with van der Waals surface area (Å²) in [5.41, 5.74) is -0.266. The van der Waals surface area contributed by atoms with Gasteiger partial charge >= 0.3 is 6.09 Å². The van der Waals surface area contributed by atoms with Gasteiger partial charge in [0.25, 0.3) is 5.56 Å². The van der Waals surface area contributed by atoms with Crippen molar-refractivity contribution >= 4 is 40.8 Å². The van der Waals surface area contributed by atoms with Gasteiger partial charge in [-0.2, -0.15) is 5.10 Å². The molecule has 29 heavy (non-hydrogen) atoms. The number of aromatic amines is 1. The molecule has 0 radical (unpaired) electrons. The van der Waals surface area contributed by atoms with Crippen molar-refractivity contribution in [3.05, 3.63) is 39.9 Å². The second-order valence-corrected chi connectivity index (χ2v) is 7.79. The molecule has 0 saturated carbocycles. The highest BCUT2D eigenvalue weighted by atomic mass is 35.5. The number of halogens is 1. The maximum Gasteiger partial charge on any atom is 0.410 e. The minimum absolute atomic E-state index is 0.0696. The molecule has 1 saturated heterocycles. The number of nitrogens with zero attached hydrogens (tertiary/aromatic N) is 4. The Kier molecular flexibility index (Phi) is 5.73. The Morgan fingerprint density at radius 3 is 2.66 bits per heavy atom. The highest BCUT2D eigenvalue weighted by molar-refractivity contribution is 6.29. The summed E-state index contributed by atoms with van der Waals surface area (Å²) in [6.07, 6.45) is 1.00. The van der Waals surface area contributed by atoms with Gasteiger partial charge in [-0.15, -0.1) is 0 Å². The van der Waals surface area contributed by atoms with Gasteiger partial charge in [0.15, 0.2) is 5.15 Å². The number of aromatic nitrogens is 3. The Morgan fingerprint density at radius 2 is 2.03 bits per heavy atom. The Labute approximate surface area is 171 Å². The smallest absolute Gasteiger partial charge is 0.410 e. The molecule has 3 rings (SSSR count). The van der Waals surface area contributed by atoms with Gasteiger partial charge in [-0.3, -0.25) is 14.5 Å². The number of carbonyl (C=O) groups is 2. The molecule has 2 amide bonds. The molecule has 10 nitrogen and oxygen atoms in total. The number of rotatable bonds is 3. The predicted octanol–water partition coefficient (Wildman–Crippen LogP) is 2.15. The molecule has 1 fully saturated rings. The van der Waals surface area contributed by atoms with Gasteiger partial charge in [0.1, 0.15) is 23.7 Å². The van der Waals surface area contributed by atoms with Crippen LogP contribution in [0, 0.1) is 0 Å². The lowest BCUT2D eigenvalue weighted by molar-refractivity contribution is -0.121. The summed E-state index contributed by atoms with van der Waals surface area (Å²) in [7, 11) is 0. The van der Waals surface area contributed by atoms with Gasteiger partial charge < -0.3 is 15.0 Å². The van der Waals surface area contributed by atoms with Crippen molar-refractivity contribution in [3.8, 4) is 0 Å². The van der Waals surface area contributed by atoms with Crippen LogP contribution in [0.4, 0.5) is 22.0 Å². The van der Waals surface area contributed by atoms with Crippen LogP contribution in [-0.4, -0.2) is 57.3 Å². The van der Waals surface area contributed by atoms with Gasteiger partial charge in [-0.05, 0) is 32.9 Å². The molecule has 2 aromatic heterocycles. The fourth-order valence-electron chi connectivity index (χ4n) is 2.66. The first-order valence-electron chi connectivity index (χ1n) is 8.89. The number of pyridine rings is 1. The molecule has 154 valence electrons. The number of H-pyrrole nitrogens is 1. The number of hydrogen-bond acceptors (Lipinski definition) is 7. The summed E-state index contributed by atoms with van der Waals surface area (Å²) in [6.45, 7) is 5.94. The van der Waals surface area contributed by atoms with Gasteiger partial charge in [-0.1, -0.05) is 11.6 Å². The summed E-state index contributed by atoms with van der Waals surface area (Å²) in [5.74, 6) is 0.170. The second kappa shape index (κ2) is 8.08. The van der Waals surface area contributed by atoms with Crippen molar-refractivity contribution in [3.63, 3.8) is 0 Å². The molecule has 0 aromatic carbocycles. The van der Waals surface area contributed by atoms with Crippen molar-refractivity contribution in [1.82, 2.24) is 20.1 Å². The van der Waals surface area contributed by atoms with Crippen LogP contribution in [0.1, 0.15) is 20.8 Å². The number of carbonyl (C=O) groups excluding carboxylic acids is 2. The zero-order valence-electron chi connectivity index (χ0n) is 16.2. The van der Waals surface area contributed by atoms with Crippen LogP contribution in [0.5, 0.6) is 0 Å². The maximum absolute atomic E-state index is 12.5. The number of ether oxygens (including phenoxy) is 1. The van der Waals surface area contributed by atoms with E-state index in [9.17, 15) is 14.4 Å². The molecule has 0 aliphatic carbocycles. The van der Waals surface area contributed by atoms with Crippen LogP contribution in [-0.2, 0) is 9.53 Å². The summed E-state index contributed by atoms with van der Waals surface area (Å²) in [6, 6.07) is 4.72. The summed E-state index contributed by atoms with van der Waals surface area (Å²) < 4.78 is 5.31. The molecule has 0 bridgehead atoms. The fourth-order valence-corrected chi connectivity index (χ4v) is 2.81. The van der Waals surface area contributed by atoms with E-state index in [1.807, 2.05) is 0 Å². The van der Waals surface area contributed by atoms with E-state index >= 15 is 0 Å². The van der Waals surface area contributed by atoms with E-state index in [1.54, 1.807) is 37.8 Å². The lowest BCUT2D eigenvalue weighted by Crippen LogP contribution is -2.53. The highest BCUT2D eigenvalue weighted by Crippen LogP contribution is 2.21. The molecule has 2 N–H and O–H groups in total. The van der Waals surface area contributed by atoms with Crippen LogP contribution in [0.2, 0.25) is 5.15 Å². The van der Waals surface area contributed by atoms with E-state index in [1.165, 1.54) is 17.2 Å². The molecule has 3 heterocycles. The first-order chi connectivity index (χ1) is 13.6. The zero-order chi connectivity index (χ0) is 21.2. The number of piperazine rings is 1. The molecule has 2 aromatic rings. The second-order valence-electron chi connectivity index (χ2n) is 7.41. The zero-order valence-corrected chi connectivity index (χ0v) is 17.0. The molecule has 0 unspecified atom stereocenters. The van der Waals surface area contributed by atoms with E-state index < -0.39 is 17.3 Å². The van der Waals surface area contributed by atoms with Gasteiger partial charge in [0.05, 0.1) is 11.9 Å². The van der Waals surface area contributed by atoms with Crippen molar-refractivity contribution in [2.75, 3.05) is 29.9 Å². The Bertz CT molecular complexity index is 970. The Balaban J connectivity index is 1.65. The van der Waals surface area contributed by atoms with Crippen molar-refractivity contribution < 1.29 is 14.3 Å². The van der Waals surface area contributed by atoms with E-state index in [0.717, 1.165) is 0 Å². The van der Waals surface area contributed by atoms with E-state index in [0.29, 0.717) is 24.6 Å². The van der Waals surface area contributed by atoms with Crippen LogP contribution >= 0.6 is 11.6 Å². The first-order valence-corrected chi connectivity index (χ1v) is 9.27. The van der Waals surface area contributed by atoms with Crippen molar-refractivity contribution in [2.45, 2.75) is 26.4 Å². The minimum atomic E-state index is -0.620. The standard InChI is InChI=1S/C18H21ClN6O4/c1-18(2,3)29-17(28)24-6-7-25(15(26)10-24)11-4-5-14(20-9-11)21-12-8-13(19)22-23-16(12)27/h4-5,8-9H,6-7,10H2,1-3H3,(H,23,27)(H,20,21,22). The first kappa shape index (κ1) is 20.6. The molecule has 11 heteroatoms. The third-order valence-electron chi connectivity index (χ3n) is 3.97. The monoisotopic (exact) mass is 420 g/mol. The summed E-state index contributed by atoms with van der Waals surface area (Å²) in [4.78, 5) is 43.5. The van der Waals surface area contributed by atoms with Crippen LogP contribution in [0.15, 0.2) is 29.2 Å². The third kappa shape index (κ3) is 5.23. The Hall–Kier alpha value is -3.14. The van der Waals surface area contributed by atoms with Crippen molar-refractivity contribution in [1.29, 1.82) is 0 Å². The number of anilines is 3. The normalized spacial score (nSPS) is 14.7. The van der Waals surface area contributed by atoms with E-state index in [-0.39, 0.29) is 23.3 Å². The quantitative estimate of drug-likeness (QED) is 0.780. The highest BCUT2D eigenvalue weighted by Gasteiger charge is 2.31. The largest absolute Gasteiger partial charge is 0.444 e. The van der Waals surface area contributed by atoms with E-state index in [4.69, 9.17) is 16.3 Å². The molecule has 1 aliphatic rings. The van der Waals surface area contributed by atoms with E-state index in [2.05, 4.69) is 20.5 Å².